The Balaban J connectivity index is 1.69. The van der Waals surface area contributed by atoms with Crippen molar-refractivity contribution in [2.75, 3.05) is 36.5 Å². The first kappa shape index (κ1) is 16.4. The summed E-state index contributed by atoms with van der Waals surface area (Å²) in [6.07, 6.45) is 0.0570. The summed E-state index contributed by atoms with van der Waals surface area (Å²) in [5, 5.41) is 2.59. The van der Waals surface area contributed by atoms with Gasteiger partial charge in [-0.3, -0.25) is 4.79 Å². The maximum absolute atomic E-state index is 14.0. The van der Waals surface area contributed by atoms with E-state index in [1.54, 1.807) is 12.1 Å². The lowest BCUT2D eigenvalue weighted by Gasteiger charge is -2.29. The second kappa shape index (κ2) is 7.40. The molecule has 4 nitrogen and oxygen atoms in total. The monoisotopic (exact) mass is 332 g/mol. The maximum atomic E-state index is 14.0. The molecule has 1 aliphatic rings. The highest BCUT2D eigenvalue weighted by molar-refractivity contribution is 5.92. The molecule has 0 unspecified atom stereocenters. The number of morpholine rings is 1. The van der Waals surface area contributed by atoms with Crippen LogP contribution in [0.5, 0.6) is 0 Å². The van der Waals surface area contributed by atoms with Gasteiger partial charge in [0, 0.05) is 18.8 Å². The SMILES string of the molecule is O=C(Cc1ccc(F)cc1)Nc1cc(N2CCOCC2)ccc1F. The van der Waals surface area contributed by atoms with Crippen LogP contribution in [0.2, 0.25) is 0 Å². The van der Waals surface area contributed by atoms with Crippen LogP contribution in [0.15, 0.2) is 42.5 Å². The highest BCUT2D eigenvalue weighted by Crippen LogP contribution is 2.23. The molecule has 0 saturated carbocycles. The van der Waals surface area contributed by atoms with E-state index in [9.17, 15) is 13.6 Å². The van der Waals surface area contributed by atoms with Crippen molar-refractivity contribution in [1.82, 2.24) is 0 Å². The molecule has 0 bridgehead atoms. The number of carbonyl (C=O) groups excluding carboxylic acids is 1. The molecule has 2 aromatic carbocycles. The van der Waals surface area contributed by atoms with Crippen molar-refractivity contribution in [2.24, 2.45) is 0 Å². The van der Waals surface area contributed by atoms with Crippen LogP contribution >= 0.6 is 0 Å². The fraction of sp³-hybridized carbons (Fsp3) is 0.278. The zero-order valence-corrected chi connectivity index (χ0v) is 13.1. The second-order valence-electron chi connectivity index (χ2n) is 5.61. The molecule has 0 atom stereocenters. The van der Waals surface area contributed by atoms with Crippen molar-refractivity contribution in [3.8, 4) is 0 Å². The third-order valence-electron chi connectivity index (χ3n) is 3.88. The second-order valence-corrected chi connectivity index (χ2v) is 5.61. The first-order valence-electron chi connectivity index (χ1n) is 7.78. The molecule has 1 N–H and O–H groups in total. The summed E-state index contributed by atoms with van der Waals surface area (Å²) in [7, 11) is 0. The van der Waals surface area contributed by atoms with Gasteiger partial charge in [0.05, 0.1) is 25.3 Å². The van der Waals surface area contributed by atoms with Gasteiger partial charge in [0.2, 0.25) is 5.91 Å². The summed E-state index contributed by atoms with van der Waals surface area (Å²) in [5.74, 6) is -1.19. The van der Waals surface area contributed by atoms with Crippen LogP contribution in [0, 0.1) is 11.6 Å². The number of anilines is 2. The van der Waals surface area contributed by atoms with E-state index in [2.05, 4.69) is 10.2 Å². The summed E-state index contributed by atoms with van der Waals surface area (Å²) in [6.45, 7) is 2.72. The Hall–Kier alpha value is -2.47. The van der Waals surface area contributed by atoms with E-state index in [-0.39, 0.29) is 23.8 Å². The highest BCUT2D eigenvalue weighted by atomic mass is 19.1. The van der Waals surface area contributed by atoms with Gasteiger partial charge in [0.1, 0.15) is 11.6 Å². The molecular formula is C18H18F2N2O2. The average molecular weight is 332 g/mol. The Morgan fingerprint density at radius 3 is 2.50 bits per heavy atom. The standard InChI is InChI=1S/C18H18F2N2O2/c19-14-3-1-13(2-4-14)11-18(23)21-17-12-15(5-6-16(17)20)22-7-9-24-10-8-22/h1-6,12H,7-11H2,(H,21,23). The molecule has 0 radical (unpaired) electrons. The Morgan fingerprint density at radius 1 is 1.08 bits per heavy atom. The van der Waals surface area contributed by atoms with E-state index in [4.69, 9.17) is 4.74 Å². The molecule has 6 heteroatoms. The van der Waals surface area contributed by atoms with Gasteiger partial charge in [-0.05, 0) is 35.9 Å². The molecule has 1 fully saturated rings. The van der Waals surface area contributed by atoms with Gasteiger partial charge in [0.25, 0.3) is 0 Å². The minimum atomic E-state index is -0.487. The van der Waals surface area contributed by atoms with Gasteiger partial charge in [-0.1, -0.05) is 12.1 Å². The molecule has 1 heterocycles. The summed E-state index contributed by atoms with van der Waals surface area (Å²) >= 11 is 0. The van der Waals surface area contributed by atoms with Gasteiger partial charge >= 0.3 is 0 Å². The molecule has 1 saturated heterocycles. The van der Waals surface area contributed by atoms with Crippen molar-refractivity contribution >= 4 is 17.3 Å². The van der Waals surface area contributed by atoms with Crippen molar-refractivity contribution in [3.05, 3.63) is 59.7 Å². The van der Waals surface area contributed by atoms with E-state index < -0.39 is 5.82 Å². The zero-order valence-electron chi connectivity index (χ0n) is 13.1. The Labute approximate surface area is 139 Å². The molecule has 0 aliphatic carbocycles. The first-order valence-corrected chi connectivity index (χ1v) is 7.78. The van der Waals surface area contributed by atoms with E-state index in [1.807, 2.05) is 0 Å². The zero-order chi connectivity index (χ0) is 16.9. The third kappa shape index (κ3) is 4.08. The number of halogens is 2. The summed E-state index contributed by atoms with van der Waals surface area (Å²) in [5.41, 5.74) is 1.65. The van der Waals surface area contributed by atoms with Gasteiger partial charge in [-0.25, -0.2) is 8.78 Å². The van der Waals surface area contributed by atoms with Crippen molar-refractivity contribution in [1.29, 1.82) is 0 Å². The number of hydrogen-bond acceptors (Lipinski definition) is 3. The van der Waals surface area contributed by atoms with E-state index in [0.29, 0.717) is 18.8 Å². The minimum Gasteiger partial charge on any atom is -0.378 e. The van der Waals surface area contributed by atoms with Crippen LogP contribution in [-0.2, 0) is 16.0 Å². The molecule has 2 aromatic rings. The Morgan fingerprint density at radius 2 is 1.79 bits per heavy atom. The van der Waals surface area contributed by atoms with Gasteiger partial charge in [0.15, 0.2) is 0 Å². The normalized spacial score (nSPS) is 14.5. The van der Waals surface area contributed by atoms with Crippen LogP contribution in [0.25, 0.3) is 0 Å². The first-order chi connectivity index (χ1) is 11.6. The molecule has 126 valence electrons. The largest absolute Gasteiger partial charge is 0.378 e. The lowest BCUT2D eigenvalue weighted by atomic mass is 10.1. The number of hydrogen-bond donors (Lipinski definition) is 1. The number of benzene rings is 2. The van der Waals surface area contributed by atoms with E-state index >= 15 is 0 Å². The number of carbonyl (C=O) groups is 1. The predicted molar refractivity (Wildman–Crippen MR) is 88.2 cm³/mol. The number of nitrogens with zero attached hydrogens (tertiary/aromatic N) is 1. The summed E-state index contributed by atoms with van der Waals surface area (Å²) in [4.78, 5) is 14.2. The van der Waals surface area contributed by atoms with Gasteiger partial charge in [-0.15, -0.1) is 0 Å². The fourth-order valence-electron chi connectivity index (χ4n) is 2.61. The van der Waals surface area contributed by atoms with Crippen LogP contribution in [0.4, 0.5) is 20.2 Å². The molecule has 1 amide bonds. The van der Waals surface area contributed by atoms with Crippen molar-refractivity contribution in [3.63, 3.8) is 0 Å². The number of nitrogens with one attached hydrogen (secondary N) is 1. The molecular weight excluding hydrogens is 314 g/mol. The number of ether oxygens (including phenoxy) is 1. The lowest BCUT2D eigenvalue weighted by molar-refractivity contribution is -0.115. The van der Waals surface area contributed by atoms with Crippen LogP contribution in [-0.4, -0.2) is 32.2 Å². The summed E-state index contributed by atoms with van der Waals surface area (Å²) in [6, 6.07) is 10.3. The summed E-state index contributed by atoms with van der Waals surface area (Å²) < 4.78 is 32.2. The fourth-order valence-corrected chi connectivity index (χ4v) is 2.61. The topological polar surface area (TPSA) is 41.6 Å². The minimum absolute atomic E-state index is 0.0570. The number of amides is 1. The van der Waals surface area contributed by atoms with Crippen molar-refractivity contribution in [2.45, 2.75) is 6.42 Å². The molecule has 0 aromatic heterocycles. The van der Waals surface area contributed by atoms with Gasteiger partial charge in [-0.2, -0.15) is 0 Å². The third-order valence-corrected chi connectivity index (χ3v) is 3.88. The molecule has 24 heavy (non-hydrogen) atoms. The quantitative estimate of drug-likeness (QED) is 0.936. The van der Waals surface area contributed by atoms with Gasteiger partial charge < -0.3 is 15.0 Å². The predicted octanol–water partition coefficient (Wildman–Crippen LogP) is 2.98. The lowest BCUT2D eigenvalue weighted by Crippen LogP contribution is -2.36. The molecule has 0 spiro atoms. The van der Waals surface area contributed by atoms with Crippen LogP contribution in [0.1, 0.15) is 5.56 Å². The average Bonchev–Trinajstić information content (AvgIpc) is 2.60. The van der Waals surface area contributed by atoms with Crippen LogP contribution in [0.3, 0.4) is 0 Å². The number of rotatable bonds is 4. The highest BCUT2D eigenvalue weighted by Gasteiger charge is 2.14. The Bertz CT molecular complexity index is 713. The van der Waals surface area contributed by atoms with E-state index in [0.717, 1.165) is 18.8 Å². The molecule has 3 rings (SSSR count). The smallest absolute Gasteiger partial charge is 0.228 e. The van der Waals surface area contributed by atoms with E-state index in [1.165, 1.54) is 30.3 Å². The Kier molecular flexibility index (Phi) is 5.05. The molecule has 1 aliphatic heterocycles. The maximum Gasteiger partial charge on any atom is 0.228 e. The van der Waals surface area contributed by atoms with Crippen molar-refractivity contribution < 1.29 is 18.3 Å². The van der Waals surface area contributed by atoms with Crippen LogP contribution < -0.4 is 10.2 Å².